The molecule has 0 aliphatic carbocycles. The molecule has 0 saturated carbocycles. The van der Waals surface area contributed by atoms with Crippen molar-refractivity contribution in [3.8, 4) is 12.3 Å². The zero-order valence-corrected chi connectivity index (χ0v) is 15.2. The van der Waals surface area contributed by atoms with Crippen LogP contribution in [-0.2, 0) is 27.9 Å². The first kappa shape index (κ1) is 19.7. The Kier molecular flexibility index (Phi) is 6.92. The fourth-order valence-corrected chi connectivity index (χ4v) is 3.24. The number of amides is 1. The summed E-state index contributed by atoms with van der Waals surface area (Å²) in [5.74, 6) is 1.91. The van der Waals surface area contributed by atoms with E-state index in [1.54, 1.807) is 7.11 Å². The van der Waals surface area contributed by atoms with Crippen LogP contribution >= 0.6 is 0 Å². The second-order valence-electron chi connectivity index (χ2n) is 5.44. The number of hydrogen-bond donors (Lipinski definition) is 2. The van der Waals surface area contributed by atoms with Crippen LogP contribution < -0.4 is 10.0 Å². The molecule has 0 fully saturated rings. The van der Waals surface area contributed by atoms with Gasteiger partial charge >= 0.3 is 0 Å². The van der Waals surface area contributed by atoms with Crippen molar-refractivity contribution in [2.45, 2.75) is 18.0 Å². The predicted octanol–water partition coefficient (Wildman–Crippen LogP) is 1.67. The number of rotatable bonds is 8. The summed E-state index contributed by atoms with van der Waals surface area (Å²) in [4.78, 5) is 12.3. The highest BCUT2D eigenvalue weighted by Gasteiger charge is 2.14. The van der Waals surface area contributed by atoms with Gasteiger partial charge in [-0.05, 0) is 35.4 Å². The van der Waals surface area contributed by atoms with Gasteiger partial charge in [0.1, 0.15) is 0 Å². The Morgan fingerprint density at radius 3 is 2.38 bits per heavy atom. The van der Waals surface area contributed by atoms with Gasteiger partial charge in [0.2, 0.25) is 10.0 Å². The third-order valence-corrected chi connectivity index (χ3v) is 5.07. The SMILES string of the molecule is C#CCNS(=O)(=O)c1ccc(C(=O)NCc2ccccc2COC)cc1. The van der Waals surface area contributed by atoms with Gasteiger partial charge in [-0.25, -0.2) is 8.42 Å². The van der Waals surface area contributed by atoms with E-state index in [2.05, 4.69) is 16.0 Å². The van der Waals surface area contributed by atoms with Gasteiger partial charge in [0.05, 0.1) is 18.0 Å². The lowest BCUT2D eigenvalue weighted by Crippen LogP contribution is -2.25. The fraction of sp³-hybridized carbons (Fsp3) is 0.211. The van der Waals surface area contributed by atoms with E-state index in [1.807, 2.05) is 24.3 Å². The average Bonchev–Trinajstić information content (AvgIpc) is 2.66. The number of methoxy groups -OCH3 is 1. The maximum Gasteiger partial charge on any atom is 0.251 e. The van der Waals surface area contributed by atoms with Crippen molar-refractivity contribution in [1.29, 1.82) is 0 Å². The Balaban J connectivity index is 2.04. The summed E-state index contributed by atoms with van der Waals surface area (Å²) in [6.45, 7) is 0.719. The fourth-order valence-electron chi connectivity index (χ4n) is 2.31. The highest BCUT2D eigenvalue weighted by atomic mass is 32.2. The summed E-state index contributed by atoms with van der Waals surface area (Å²) in [5.41, 5.74) is 2.32. The van der Waals surface area contributed by atoms with E-state index in [9.17, 15) is 13.2 Å². The summed E-state index contributed by atoms with van der Waals surface area (Å²) in [7, 11) is -2.06. The molecule has 7 heteroatoms. The smallest absolute Gasteiger partial charge is 0.251 e. The highest BCUT2D eigenvalue weighted by molar-refractivity contribution is 7.89. The molecule has 0 atom stereocenters. The van der Waals surface area contributed by atoms with E-state index >= 15 is 0 Å². The minimum Gasteiger partial charge on any atom is -0.380 e. The molecular formula is C19H20N2O4S. The average molecular weight is 372 g/mol. The van der Waals surface area contributed by atoms with Gasteiger partial charge in [0, 0.05) is 19.2 Å². The Morgan fingerprint density at radius 1 is 1.12 bits per heavy atom. The maximum atomic E-state index is 12.3. The Labute approximate surface area is 153 Å². The molecule has 0 bridgehead atoms. The second kappa shape index (κ2) is 9.15. The van der Waals surface area contributed by atoms with E-state index in [-0.39, 0.29) is 17.3 Å². The molecule has 2 N–H and O–H groups in total. The molecule has 0 radical (unpaired) electrons. The van der Waals surface area contributed by atoms with Crippen molar-refractivity contribution < 1.29 is 17.9 Å². The monoisotopic (exact) mass is 372 g/mol. The molecule has 1 amide bonds. The highest BCUT2D eigenvalue weighted by Crippen LogP contribution is 2.12. The number of nitrogens with one attached hydrogen (secondary N) is 2. The molecule has 2 aromatic carbocycles. The van der Waals surface area contributed by atoms with E-state index in [4.69, 9.17) is 11.2 Å². The maximum absolute atomic E-state index is 12.3. The lowest BCUT2D eigenvalue weighted by atomic mass is 10.1. The molecule has 2 aromatic rings. The minimum atomic E-state index is -3.67. The minimum absolute atomic E-state index is 0.0507. The second-order valence-corrected chi connectivity index (χ2v) is 7.20. The Hall–Kier alpha value is -2.66. The van der Waals surface area contributed by atoms with E-state index in [0.29, 0.717) is 18.7 Å². The van der Waals surface area contributed by atoms with Crippen molar-refractivity contribution in [3.05, 3.63) is 65.2 Å². The van der Waals surface area contributed by atoms with E-state index in [1.165, 1.54) is 24.3 Å². The van der Waals surface area contributed by atoms with Crippen LogP contribution in [0, 0.1) is 12.3 Å². The Bertz CT molecular complexity index is 900. The first-order valence-corrected chi connectivity index (χ1v) is 9.33. The molecule has 0 aliphatic rings. The van der Waals surface area contributed by atoms with Gasteiger partial charge < -0.3 is 10.1 Å². The molecule has 6 nitrogen and oxygen atoms in total. The van der Waals surface area contributed by atoms with Crippen LogP contribution in [0.15, 0.2) is 53.4 Å². The summed E-state index contributed by atoms with van der Waals surface area (Å²) < 4.78 is 31.3. The zero-order chi connectivity index (χ0) is 19.0. The number of hydrogen-bond acceptors (Lipinski definition) is 4. The van der Waals surface area contributed by atoms with Crippen molar-refractivity contribution in [2.75, 3.05) is 13.7 Å². The van der Waals surface area contributed by atoms with Crippen LogP contribution in [0.25, 0.3) is 0 Å². The molecule has 0 saturated heterocycles. The van der Waals surface area contributed by atoms with Crippen LogP contribution in [0.1, 0.15) is 21.5 Å². The van der Waals surface area contributed by atoms with Gasteiger partial charge in [0.25, 0.3) is 5.91 Å². The van der Waals surface area contributed by atoms with Gasteiger partial charge in [-0.15, -0.1) is 6.42 Å². The van der Waals surface area contributed by atoms with Crippen molar-refractivity contribution in [2.24, 2.45) is 0 Å². The third kappa shape index (κ3) is 5.17. The predicted molar refractivity (Wildman–Crippen MR) is 98.8 cm³/mol. The standard InChI is InChI=1S/C19H20N2O4S/c1-3-12-21-26(23,24)18-10-8-15(9-11-18)19(22)20-13-16-6-4-5-7-17(16)14-25-2/h1,4-11,21H,12-14H2,2H3,(H,20,22). The number of terminal acetylenes is 1. The van der Waals surface area contributed by atoms with Crippen LogP contribution in [-0.4, -0.2) is 28.0 Å². The normalized spacial score (nSPS) is 10.9. The van der Waals surface area contributed by atoms with Crippen molar-refractivity contribution >= 4 is 15.9 Å². The first-order valence-electron chi connectivity index (χ1n) is 7.85. The third-order valence-electron chi connectivity index (χ3n) is 3.65. The van der Waals surface area contributed by atoms with Crippen LogP contribution in [0.4, 0.5) is 0 Å². The molecule has 0 heterocycles. The van der Waals surface area contributed by atoms with Gasteiger partial charge in [0.15, 0.2) is 0 Å². The number of benzene rings is 2. The molecule has 0 aliphatic heterocycles. The van der Waals surface area contributed by atoms with Crippen molar-refractivity contribution in [1.82, 2.24) is 10.0 Å². The van der Waals surface area contributed by atoms with E-state index < -0.39 is 10.0 Å². The molecule has 0 spiro atoms. The van der Waals surface area contributed by atoms with Crippen LogP contribution in [0.5, 0.6) is 0 Å². The zero-order valence-electron chi connectivity index (χ0n) is 14.4. The summed E-state index contributed by atoms with van der Waals surface area (Å²) >= 11 is 0. The first-order chi connectivity index (χ1) is 12.5. The summed E-state index contributed by atoms with van der Waals surface area (Å²) in [6.07, 6.45) is 5.05. The van der Waals surface area contributed by atoms with Crippen LogP contribution in [0.2, 0.25) is 0 Å². The van der Waals surface area contributed by atoms with Gasteiger partial charge in [-0.2, -0.15) is 4.72 Å². The lowest BCUT2D eigenvalue weighted by Gasteiger charge is -2.10. The molecule has 136 valence electrons. The van der Waals surface area contributed by atoms with E-state index in [0.717, 1.165) is 11.1 Å². The Morgan fingerprint density at radius 2 is 1.77 bits per heavy atom. The molecule has 2 rings (SSSR count). The number of sulfonamides is 1. The largest absolute Gasteiger partial charge is 0.380 e. The van der Waals surface area contributed by atoms with Gasteiger partial charge in [-0.3, -0.25) is 4.79 Å². The molecule has 0 aromatic heterocycles. The summed E-state index contributed by atoms with van der Waals surface area (Å²) in [6, 6.07) is 13.3. The number of ether oxygens (including phenoxy) is 1. The van der Waals surface area contributed by atoms with Gasteiger partial charge in [-0.1, -0.05) is 30.2 Å². The molecule has 0 unspecified atom stereocenters. The molecule has 26 heavy (non-hydrogen) atoms. The quantitative estimate of drug-likeness (QED) is 0.691. The topological polar surface area (TPSA) is 84.5 Å². The number of carbonyl (C=O) groups is 1. The lowest BCUT2D eigenvalue weighted by molar-refractivity contribution is 0.0950. The van der Waals surface area contributed by atoms with Crippen molar-refractivity contribution in [3.63, 3.8) is 0 Å². The van der Waals surface area contributed by atoms with Crippen LogP contribution in [0.3, 0.4) is 0 Å². The number of carbonyl (C=O) groups excluding carboxylic acids is 1. The molecular weight excluding hydrogens is 352 g/mol. The summed E-state index contributed by atoms with van der Waals surface area (Å²) in [5, 5.41) is 2.82.